The number of hydrogen-bond donors (Lipinski definition) is 0. The second kappa shape index (κ2) is 6.60. The topological polar surface area (TPSA) is 0 Å². The van der Waals surface area contributed by atoms with E-state index >= 15 is 0 Å². The van der Waals surface area contributed by atoms with E-state index in [0.29, 0.717) is 0 Å². The van der Waals surface area contributed by atoms with Gasteiger partial charge >= 0.3 is 0 Å². The minimum absolute atomic E-state index is 1.15. The molecule has 0 radical (unpaired) electrons. The van der Waals surface area contributed by atoms with E-state index in [1.165, 1.54) is 18.4 Å². The SMILES string of the molecule is CC=CC(=CCC)CCC. The van der Waals surface area contributed by atoms with Crippen molar-refractivity contribution < 1.29 is 0 Å². The van der Waals surface area contributed by atoms with Crippen LogP contribution in [0.25, 0.3) is 0 Å². The molecular formula is C10H18. The van der Waals surface area contributed by atoms with Gasteiger partial charge in [0.05, 0.1) is 0 Å². The summed E-state index contributed by atoms with van der Waals surface area (Å²) in [6, 6.07) is 0. The molecule has 0 aliphatic carbocycles. The maximum atomic E-state index is 2.30. The minimum Gasteiger partial charge on any atom is -0.0874 e. The third kappa shape index (κ3) is 4.37. The molecule has 0 aliphatic heterocycles. The highest BCUT2D eigenvalue weighted by Crippen LogP contribution is 2.06. The molecule has 0 aromatic heterocycles. The zero-order valence-electron chi connectivity index (χ0n) is 7.35. The first-order valence-electron chi connectivity index (χ1n) is 4.16. The number of rotatable bonds is 4. The number of allylic oxidation sites excluding steroid dienone is 4. The molecule has 0 aromatic rings. The van der Waals surface area contributed by atoms with Crippen LogP contribution in [-0.4, -0.2) is 0 Å². The van der Waals surface area contributed by atoms with E-state index in [2.05, 4.69) is 39.0 Å². The first-order chi connectivity index (χ1) is 4.85. The maximum absolute atomic E-state index is 2.30. The zero-order valence-corrected chi connectivity index (χ0v) is 7.35. The van der Waals surface area contributed by atoms with Gasteiger partial charge in [-0.25, -0.2) is 0 Å². The summed E-state index contributed by atoms with van der Waals surface area (Å²) >= 11 is 0. The molecule has 10 heavy (non-hydrogen) atoms. The maximum Gasteiger partial charge on any atom is -0.0285 e. The van der Waals surface area contributed by atoms with Crippen molar-refractivity contribution >= 4 is 0 Å². The molecule has 0 unspecified atom stereocenters. The second-order valence-corrected chi connectivity index (χ2v) is 2.44. The normalized spacial score (nSPS) is 12.9. The highest BCUT2D eigenvalue weighted by molar-refractivity contribution is 5.17. The van der Waals surface area contributed by atoms with E-state index in [1.807, 2.05) is 0 Å². The molecule has 0 rings (SSSR count). The lowest BCUT2D eigenvalue weighted by Crippen LogP contribution is -1.76. The van der Waals surface area contributed by atoms with Crippen LogP contribution in [0.2, 0.25) is 0 Å². The van der Waals surface area contributed by atoms with Gasteiger partial charge in [-0.1, -0.05) is 44.1 Å². The van der Waals surface area contributed by atoms with Gasteiger partial charge in [0.15, 0.2) is 0 Å². The molecule has 0 N–H and O–H groups in total. The van der Waals surface area contributed by atoms with Crippen LogP contribution in [0, 0.1) is 0 Å². The lowest BCUT2D eigenvalue weighted by molar-refractivity contribution is 0.917. The van der Waals surface area contributed by atoms with Crippen molar-refractivity contribution in [2.45, 2.75) is 40.0 Å². The van der Waals surface area contributed by atoms with Crippen LogP contribution in [0.1, 0.15) is 40.0 Å². The number of hydrogen-bond acceptors (Lipinski definition) is 0. The summed E-state index contributed by atoms with van der Waals surface area (Å²) in [6.45, 7) is 6.46. The molecule has 0 heterocycles. The summed E-state index contributed by atoms with van der Waals surface area (Å²) in [6.07, 6.45) is 10.2. The van der Waals surface area contributed by atoms with Gasteiger partial charge in [-0.2, -0.15) is 0 Å². The second-order valence-electron chi connectivity index (χ2n) is 2.44. The Morgan fingerprint density at radius 3 is 2.40 bits per heavy atom. The van der Waals surface area contributed by atoms with Crippen LogP contribution < -0.4 is 0 Å². The van der Waals surface area contributed by atoms with Crippen LogP contribution in [0.3, 0.4) is 0 Å². The van der Waals surface area contributed by atoms with Crippen molar-refractivity contribution in [2.75, 3.05) is 0 Å². The Labute approximate surface area is 64.6 Å². The molecule has 0 heteroatoms. The Hall–Kier alpha value is -0.520. The van der Waals surface area contributed by atoms with Gasteiger partial charge in [0.1, 0.15) is 0 Å². The van der Waals surface area contributed by atoms with Gasteiger partial charge in [0.2, 0.25) is 0 Å². The summed E-state index contributed by atoms with van der Waals surface area (Å²) in [5.74, 6) is 0. The molecule has 0 saturated carbocycles. The van der Waals surface area contributed by atoms with Crippen molar-refractivity contribution in [3.63, 3.8) is 0 Å². The monoisotopic (exact) mass is 138 g/mol. The predicted octanol–water partition coefficient (Wildman–Crippen LogP) is 3.70. The van der Waals surface area contributed by atoms with E-state index in [-0.39, 0.29) is 0 Å². The van der Waals surface area contributed by atoms with Crippen molar-refractivity contribution in [1.29, 1.82) is 0 Å². The average molecular weight is 138 g/mol. The van der Waals surface area contributed by atoms with Crippen LogP contribution in [0.4, 0.5) is 0 Å². The third-order valence-electron chi connectivity index (χ3n) is 1.39. The Bertz CT molecular complexity index is 118. The molecule has 0 aromatic carbocycles. The molecule has 0 fully saturated rings. The summed E-state index contributed by atoms with van der Waals surface area (Å²) < 4.78 is 0. The van der Waals surface area contributed by atoms with Crippen molar-refractivity contribution in [3.8, 4) is 0 Å². The molecule has 0 nitrogen and oxygen atoms in total. The smallest absolute Gasteiger partial charge is 0.0285 e. The van der Waals surface area contributed by atoms with E-state index in [4.69, 9.17) is 0 Å². The van der Waals surface area contributed by atoms with Crippen LogP contribution in [0.5, 0.6) is 0 Å². The molecule has 0 spiro atoms. The molecule has 0 amide bonds. The largest absolute Gasteiger partial charge is 0.0874 e. The lowest BCUT2D eigenvalue weighted by Gasteiger charge is -1.96. The standard InChI is InChI=1S/C10H18/c1-4-7-10(8-5-2)9-6-3/h4,7-8H,5-6,9H2,1-3H3. The van der Waals surface area contributed by atoms with E-state index < -0.39 is 0 Å². The van der Waals surface area contributed by atoms with Crippen LogP contribution in [0.15, 0.2) is 23.8 Å². The summed E-state index contributed by atoms with van der Waals surface area (Å²) in [5.41, 5.74) is 1.48. The third-order valence-corrected chi connectivity index (χ3v) is 1.39. The Morgan fingerprint density at radius 1 is 1.30 bits per heavy atom. The van der Waals surface area contributed by atoms with E-state index in [9.17, 15) is 0 Å². The predicted molar refractivity (Wildman–Crippen MR) is 48.1 cm³/mol. The van der Waals surface area contributed by atoms with Crippen LogP contribution >= 0.6 is 0 Å². The van der Waals surface area contributed by atoms with Crippen molar-refractivity contribution in [1.82, 2.24) is 0 Å². The van der Waals surface area contributed by atoms with Gasteiger partial charge < -0.3 is 0 Å². The van der Waals surface area contributed by atoms with Gasteiger partial charge in [-0.3, -0.25) is 0 Å². The van der Waals surface area contributed by atoms with Gasteiger partial charge in [-0.15, -0.1) is 0 Å². The van der Waals surface area contributed by atoms with Gasteiger partial charge in [-0.05, 0) is 19.8 Å². The molecule has 0 saturated heterocycles. The molecule has 0 aliphatic rings. The highest BCUT2D eigenvalue weighted by Gasteiger charge is 1.86. The van der Waals surface area contributed by atoms with Crippen LogP contribution in [-0.2, 0) is 0 Å². The fourth-order valence-corrected chi connectivity index (χ4v) is 1.02. The van der Waals surface area contributed by atoms with Gasteiger partial charge in [0, 0.05) is 0 Å². The van der Waals surface area contributed by atoms with E-state index in [0.717, 1.165) is 6.42 Å². The molecule has 0 bridgehead atoms. The molecule has 58 valence electrons. The average Bonchev–Trinajstić information content (AvgIpc) is 1.90. The summed E-state index contributed by atoms with van der Waals surface area (Å²) in [7, 11) is 0. The molecular weight excluding hydrogens is 120 g/mol. The first-order valence-corrected chi connectivity index (χ1v) is 4.16. The Balaban J connectivity index is 3.84. The van der Waals surface area contributed by atoms with Crippen molar-refractivity contribution in [3.05, 3.63) is 23.8 Å². The zero-order chi connectivity index (χ0) is 7.82. The Morgan fingerprint density at radius 2 is 2.00 bits per heavy atom. The quantitative estimate of drug-likeness (QED) is 0.520. The highest BCUT2D eigenvalue weighted by atomic mass is 13.9. The van der Waals surface area contributed by atoms with E-state index in [1.54, 1.807) is 0 Å². The fourth-order valence-electron chi connectivity index (χ4n) is 1.02. The summed E-state index contributed by atoms with van der Waals surface area (Å²) in [4.78, 5) is 0. The lowest BCUT2D eigenvalue weighted by atomic mass is 10.1. The summed E-state index contributed by atoms with van der Waals surface area (Å²) in [5, 5.41) is 0. The minimum atomic E-state index is 1.15. The molecule has 0 atom stereocenters. The first kappa shape index (κ1) is 9.48. The Kier molecular flexibility index (Phi) is 6.25. The fraction of sp³-hybridized carbons (Fsp3) is 0.600. The van der Waals surface area contributed by atoms with Gasteiger partial charge in [0.25, 0.3) is 0 Å². The van der Waals surface area contributed by atoms with Crippen molar-refractivity contribution in [2.24, 2.45) is 0 Å².